The maximum Gasteiger partial charge on any atom is 0.180 e. The number of nitriles is 1. The Kier molecular flexibility index (Phi) is 5.16. The van der Waals surface area contributed by atoms with Crippen LogP contribution in [0.15, 0.2) is 29.2 Å². The summed E-state index contributed by atoms with van der Waals surface area (Å²) in [6, 6.07) is 8.05. The molecular formula is C15H19NO3S. The van der Waals surface area contributed by atoms with Crippen LogP contribution < -0.4 is 0 Å². The Morgan fingerprint density at radius 1 is 1.30 bits per heavy atom. The third-order valence-corrected chi connectivity index (χ3v) is 5.39. The van der Waals surface area contributed by atoms with E-state index in [-0.39, 0.29) is 17.3 Å². The number of rotatable bonds is 7. The molecular weight excluding hydrogens is 274 g/mol. The molecule has 0 unspecified atom stereocenters. The number of hydrogen-bond donors (Lipinski definition) is 0. The van der Waals surface area contributed by atoms with E-state index in [1.807, 2.05) is 6.07 Å². The van der Waals surface area contributed by atoms with Crippen molar-refractivity contribution in [3.63, 3.8) is 0 Å². The minimum absolute atomic E-state index is 0.0352. The van der Waals surface area contributed by atoms with Crippen molar-refractivity contribution in [1.82, 2.24) is 0 Å². The summed E-state index contributed by atoms with van der Waals surface area (Å²) in [7, 11) is -3.36. The molecule has 0 heterocycles. The fraction of sp³-hybridized carbons (Fsp3) is 0.533. The van der Waals surface area contributed by atoms with Gasteiger partial charge in [-0.05, 0) is 30.5 Å². The molecule has 5 heteroatoms. The van der Waals surface area contributed by atoms with Crippen LogP contribution in [-0.2, 0) is 14.6 Å². The number of sulfone groups is 1. The van der Waals surface area contributed by atoms with Crippen LogP contribution >= 0.6 is 0 Å². The summed E-state index contributed by atoms with van der Waals surface area (Å²) < 4.78 is 29.6. The monoisotopic (exact) mass is 293 g/mol. The Balaban J connectivity index is 1.79. The second-order valence-electron chi connectivity index (χ2n) is 5.16. The molecule has 20 heavy (non-hydrogen) atoms. The van der Waals surface area contributed by atoms with Crippen LogP contribution in [0.4, 0.5) is 0 Å². The van der Waals surface area contributed by atoms with Crippen molar-refractivity contribution in [2.24, 2.45) is 5.92 Å². The molecule has 0 aliphatic heterocycles. The summed E-state index contributed by atoms with van der Waals surface area (Å²) in [5.74, 6) is 0.742. The van der Waals surface area contributed by atoms with Gasteiger partial charge in [-0.15, -0.1) is 0 Å². The van der Waals surface area contributed by atoms with Crippen molar-refractivity contribution in [3.05, 3.63) is 29.8 Å². The van der Waals surface area contributed by atoms with E-state index in [1.54, 1.807) is 12.1 Å². The molecule has 108 valence electrons. The van der Waals surface area contributed by atoms with Crippen LogP contribution in [0.5, 0.6) is 0 Å². The highest BCUT2D eigenvalue weighted by atomic mass is 32.2. The fourth-order valence-corrected chi connectivity index (χ4v) is 3.34. The molecule has 1 aromatic rings. The van der Waals surface area contributed by atoms with Crippen molar-refractivity contribution >= 4 is 9.84 Å². The first-order chi connectivity index (χ1) is 9.62. The predicted octanol–water partition coefficient (Wildman–Crippen LogP) is 2.54. The van der Waals surface area contributed by atoms with Gasteiger partial charge in [-0.3, -0.25) is 0 Å². The van der Waals surface area contributed by atoms with Gasteiger partial charge < -0.3 is 4.74 Å². The van der Waals surface area contributed by atoms with Gasteiger partial charge in [0.25, 0.3) is 0 Å². The van der Waals surface area contributed by atoms with Crippen LogP contribution in [0, 0.1) is 17.2 Å². The maximum absolute atomic E-state index is 12.1. The summed E-state index contributed by atoms with van der Waals surface area (Å²) in [5, 5.41) is 8.79. The Labute approximate surface area is 120 Å². The lowest BCUT2D eigenvalue weighted by Gasteiger charge is -2.24. The zero-order valence-electron chi connectivity index (χ0n) is 11.4. The van der Waals surface area contributed by atoms with E-state index in [2.05, 4.69) is 0 Å². The molecule has 0 aromatic heterocycles. The minimum Gasteiger partial charge on any atom is -0.380 e. The quantitative estimate of drug-likeness (QED) is 0.725. The zero-order chi connectivity index (χ0) is 14.4. The first kappa shape index (κ1) is 15.0. The smallest absolute Gasteiger partial charge is 0.180 e. The molecule has 0 bridgehead atoms. The van der Waals surface area contributed by atoms with Gasteiger partial charge in [-0.25, -0.2) is 8.42 Å². The van der Waals surface area contributed by atoms with E-state index in [0.29, 0.717) is 12.2 Å². The topological polar surface area (TPSA) is 67.2 Å². The predicted molar refractivity (Wildman–Crippen MR) is 76.0 cm³/mol. The number of ether oxygens (including phenoxy) is 1. The lowest BCUT2D eigenvalue weighted by atomic mass is 9.83. The lowest BCUT2D eigenvalue weighted by molar-refractivity contribution is 0.118. The molecule has 1 aromatic carbocycles. The molecule has 1 fully saturated rings. The molecule has 0 N–H and O–H groups in total. The second kappa shape index (κ2) is 6.87. The third kappa shape index (κ3) is 4.06. The highest BCUT2D eigenvalue weighted by Crippen LogP contribution is 2.29. The molecule has 1 saturated carbocycles. The summed E-state index contributed by atoms with van der Waals surface area (Å²) >= 11 is 0. The van der Waals surface area contributed by atoms with Gasteiger partial charge in [0.15, 0.2) is 9.84 Å². The van der Waals surface area contributed by atoms with E-state index in [1.165, 1.54) is 31.4 Å². The molecule has 0 saturated heterocycles. The molecule has 0 atom stereocenters. The van der Waals surface area contributed by atoms with E-state index < -0.39 is 9.84 Å². The van der Waals surface area contributed by atoms with Crippen molar-refractivity contribution in [3.8, 4) is 6.07 Å². The number of hydrogen-bond acceptors (Lipinski definition) is 4. The van der Waals surface area contributed by atoms with E-state index in [4.69, 9.17) is 10.00 Å². The van der Waals surface area contributed by atoms with E-state index in [9.17, 15) is 8.42 Å². The Hall–Kier alpha value is -1.38. The fourth-order valence-electron chi connectivity index (χ4n) is 2.18. The lowest BCUT2D eigenvalue weighted by Crippen LogP contribution is -2.16. The summed E-state index contributed by atoms with van der Waals surface area (Å²) in [4.78, 5) is 0.194. The highest BCUT2D eigenvalue weighted by molar-refractivity contribution is 7.91. The van der Waals surface area contributed by atoms with Gasteiger partial charge in [-0.2, -0.15) is 5.26 Å². The van der Waals surface area contributed by atoms with Crippen LogP contribution in [0.2, 0.25) is 0 Å². The Bertz CT molecular complexity index is 585. The summed E-state index contributed by atoms with van der Waals surface area (Å²) in [6.45, 7) is 0.851. The van der Waals surface area contributed by atoms with Crippen LogP contribution in [-0.4, -0.2) is 27.4 Å². The van der Waals surface area contributed by atoms with Gasteiger partial charge in [0.1, 0.15) is 0 Å². The van der Waals surface area contributed by atoms with Crippen molar-refractivity contribution < 1.29 is 13.2 Å². The Morgan fingerprint density at radius 3 is 2.75 bits per heavy atom. The van der Waals surface area contributed by atoms with Crippen molar-refractivity contribution in [2.75, 3.05) is 19.0 Å². The molecule has 0 amide bonds. The average molecular weight is 293 g/mol. The van der Waals surface area contributed by atoms with Crippen LogP contribution in [0.25, 0.3) is 0 Å². The van der Waals surface area contributed by atoms with Gasteiger partial charge in [0.05, 0.1) is 28.9 Å². The van der Waals surface area contributed by atoms with Gasteiger partial charge in [-0.1, -0.05) is 25.3 Å². The zero-order valence-corrected chi connectivity index (χ0v) is 12.2. The van der Waals surface area contributed by atoms with Gasteiger partial charge in [0.2, 0.25) is 0 Å². The first-order valence-corrected chi connectivity index (χ1v) is 8.58. The molecule has 0 radical (unpaired) electrons. The molecule has 1 aliphatic rings. The van der Waals surface area contributed by atoms with Gasteiger partial charge >= 0.3 is 0 Å². The SMILES string of the molecule is N#Cc1cccc(S(=O)(=O)CCOCCC2CCC2)c1. The van der Waals surface area contributed by atoms with Crippen LogP contribution in [0.3, 0.4) is 0 Å². The van der Waals surface area contributed by atoms with Crippen molar-refractivity contribution in [2.45, 2.75) is 30.6 Å². The second-order valence-corrected chi connectivity index (χ2v) is 7.27. The van der Waals surface area contributed by atoms with Crippen molar-refractivity contribution in [1.29, 1.82) is 5.26 Å². The van der Waals surface area contributed by atoms with Gasteiger partial charge in [0, 0.05) is 6.61 Å². The molecule has 4 nitrogen and oxygen atoms in total. The van der Waals surface area contributed by atoms with E-state index in [0.717, 1.165) is 12.3 Å². The highest BCUT2D eigenvalue weighted by Gasteiger charge is 2.17. The van der Waals surface area contributed by atoms with E-state index >= 15 is 0 Å². The first-order valence-electron chi connectivity index (χ1n) is 6.92. The summed E-state index contributed by atoms with van der Waals surface area (Å²) in [5.41, 5.74) is 0.358. The molecule has 0 spiro atoms. The molecule has 1 aliphatic carbocycles. The largest absolute Gasteiger partial charge is 0.380 e. The average Bonchev–Trinajstić information content (AvgIpc) is 2.40. The van der Waals surface area contributed by atoms with Crippen LogP contribution in [0.1, 0.15) is 31.2 Å². The normalized spacial score (nSPS) is 15.6. The Morgan fingerprint density at radius 2 is 2.10 bits per heavy atom. The summed E-state index contributed by atoms with van der Waals surface area (Å²) in [6.07, 6.45) is 4.91. The number of benzene rings is 1. The minimum atomic E-state index is -3.36. The maximum atomic E-state index is 12.1. The third-order valence-electron chi connectivity index (χ3n) is 3.71. The number of nitrogens with zero attached hydrogens (tertiary/aromatic N) is 1. The standard InChI is InChI=1S/C15H19NO3S/c16-12-14-5-2-6-15(11-14)20(17,18)10-9-19-8-7-13-3-1-4-13/h2,5-6,11,13H,1,3-4,7-10H2. The molecule has 2 rings (SSSR count).